The summed E-state index contributed by atoms with van der Waals surface area (Å²) in [5.74, 6) is -0.935. The third-order valence-electron chi connectivity index (χ3n) is 7.83. The third-order valence-corrected chi connectivity index (χ3v) is 10.3. The van der Waals surface area contributed by atoms with E-state index in [9.17, 15) is 34.8 Å². The van der Waals surface area contributed by atoms with Gasteiger partial charge in [-0.05, 0) is 146 Å². The molecule has 4 aromatic rings. The van der Waals surface area contributed by atoms with Crippen molar-refractivity contribution in [3.63, 3.8) is 0 Å². The topological polar surface area (TPSA) is 167 Å². The maximum Gasteiger partial charge on any atom is 0.336 e. The lowest BCUT2D eigenvalue weighted by atomic mass is 9.90. The zero-order valence-corrected chi connectivity index (χ0v) is 31.5. The Bertz CT molecular complexity index is 2280. The highest BCUT2D eigenvalue weighted by molar-refractivity contribution is 14.1. The van der Waals surface area contributed by atoms with Gasteiger partial charge in [0, 0.05) is 29.1 Å². The number of ether oxygens (including phenoxy) is 1. The van der Waals surface area contributed by atoms with E-state index < -0.39 is 18.0 Å². The van der Waals surface area contributed by atoms with E-state index in [2.05, 4.69) is 50.5 Å². The smallest absolute Gasteiger partial charge is 0.336 e. The van der Waals surface area contributed by atoms with Gasteiger partial charge in [-0.2, -0.15) is 0 Å². The Balaban J connectivity index is 1.35. The van der Waals surface area contributed by atoms with Gasteiger partial charge in [0.1, 0.15) is 34.6 Å². The van der Waals surface area contributed by atoms with E-state index in [1.807, 2.05) is 34.7 Å². The molecule has 0 spiro atoms. The maximum atomic E-state index is 12.5. The summed E-state index contributed by atoms with van der Waals surface area (Å²) in [6, 6.07) is 21.3. The molecular formula is C36H24I3NO9. The van der Waals surface area contributed by atoms with Crippen LogP contribution in [0.4, 0.5) is 0 Å². The van der Waals surface area contributed by atoms with Crippen LogP contribution in [0.2, 0.25) is 0 Å². The van der Waals surface area contributed by atoms with Crippen molar-refractivity contribution < 1.29 is 39.2 Å². The van der Waals surface area contributed by atoms with Gasteiger partial charge in [0.2, 0.25) is 0 Å². The summed E-state index contributed by atoms with van der Waals surface area (Å²) in [6.45, 7) is -0.124. The van der Waals surface area contributed by atoms with Crippen molar-refractivity contribution in [2.75, 3.05) is 0 Å². The van der Waals surface area contributed by atoms with Crippen molar-refractivity contribution in [3.8, 4) is 45.4 Å². The second kappa shape index (κ2) is 14.5. The van der Waals surface area contributed by atoms with Gasteiger partial charge in [0.25, 0.3) is 0 Å². The first-order valence-electron chi connectivity index (χ1n) is 14.6. The summed E-state index contributed by atoms with van der Waals surface area (Å²) in [5.41, 5.74) is 2.27. The molecule has 10 nitrogen and oxygen atoms in total. The lowest BCUT2D eigenvalue weighted by Gasteiger charge is -2.20. The van der Waals surface area contributed by atoms with Crippen molar-refractivity contribution in [3.05, 3.63) is 123 Å². The van der Waals surface area contributed by atoms with Gasteiger partial charge < -0.3 is 29.6 Å². The number of benzene rings is 5. The lowest BCUT2D eigenvalue weighted by Crippen LogP contribution is -2.38. The largest absolute Gasteiger partial charge is 0.507 e. The Hall–Kier alpha value is -3.94. The van der Waals surface area contributed by atoms with E-state index in [0.29, 0.717) is 37.1 Å². The van der Waals surface area contributed by atoms with E-state index in [0.717, 1.165) is 12.7 Å². The molecule has 0 saturated carbocycles. The number of carbonyl (C=O) groups is 2. The highest BCUT2D eigenvalue weighted by atomic mass is 127. The molecule has 0 fully saturated rings. The number of rotatable bonds is 10. The molecule has 0 radical (unpaired) electrons. The van der Waals surface area contributed by atoms with Gasteiger partial charge in [-0.3, -0.25) is 14.9 Å². The van der Waals surface area contributed by atoms with Crippen LogP contribution in [0.15, 0.2) is 94.1 Å². The molecule has 1 atom stereocenters. The minimum absolute atomic E-state index is 0.0414. The molecule has 1 heterocycles. The summed E-state index contributed by atoms with van der Waals surface area (Å²) in [6.07, 6.45) is 0.0983. The predicted molar refractivity (Wildman–Crippen MR) is 208 cm³/mol. The quantitative estimate of drug-likeness (QED) is 0.0670. The van der Waals surface area contributed by atoms with Crippen LogP contribution in [-0.2, 0) is 17.8 Å². The highest BCUT2D eigenvalue weighted by Crippen LogP contribution is 2.43. The molecule has 5 N–H and O–H groups in total. The van der Waals surface area contributed by atoms with Crippen LogP contribution in [0.3, 0.4) is 0 Å². The summed E-state index contributed by atoms with van der Waals surface area (Å²) in [7, 11) is 0. The number of halogens is 3. The van der Waals surface area contributed by atoms with E-state index in [1.54, 1.807) is 48.5 Å². The zero-order chi connectivity index (χ0) is 35.0. The number of aromatic hydroxyl groups is 2. The molecule has 0 saturated heterocycles. The van der Waals surface area contributed by atoms with Crippen LogP contribution in [0.25, 0.3) is 33.4 Å². The van der Waals surface area contributed by atoms with Crippen molar-refractivity contribution in [2.45, 2.75) is 19.0 Å². The number of fused-ring (bicyclic) bond motifs is 2. The monoisotopic (exact) mass is 995 g/mol. The van der Waals surface area contributed by atoms with Crippen LogP contribution < -0.4 is 15.5 Å². The van der Waals surface area contributed by atoms with Gasteiger partial charge in [0.15, 0.2) is 11.2 Å². The molecular weight excluding hydrogens is 971 g/mol. The lowest BCUT2D eigenvalue weighted by molar-refractivity contribution is -0.139. The van der Waals surface area contributed by atoms with Gasteiger partial charge >= 0.3 is 11.9 Å². The molecule has 0 aromatic heterocycles. The third kappa shape index (κ3) is 7.34. The number of nitrogens with one attached hydrogen (secondary N) is 1. The summed E-state index contributed by atoms with van der Waals surface area (Å²) in [5, 5.41) is 44.5. The number of carboxylic acids is 2. The standard InChI is InChI=1S/C36H24I3NO9/c37-25-15-19(6-9-30(25)43)48-34-26(38)11-17(12-27(34)39)13-28(36(46)47)40-16-24-29(42)10-8-23-32(20-3-1-2-4-21(20)35(44)45)22-7-5-18(41)14-31(22)49-33(23)24/h1-12,14-15,28,40,42-43H,13,16H2,(H,44,45)(H,46,47). The molecule has 2 aliphatic rings. The number of phenolic OH excluding ortho intramolecular Hbond substituents is 2. The molecule has 248 valence electrons. The van der Waals surface area contributed by atoms with E-state index >= 15 is 0 Å². The van der Waals surface area contributed by atoms with Crippen LogP contribution in [0.1, 0.15) is 21.5 Å². The van der Waals surface area contributed by atoms with Crippen LogP contribution in [-0.4, -0.2) is 38.4 Å². The molecule has 13 heteroatoms. The Kier molecular flexibility index (Phi) is 10.3. The fourth-order valence-corrected chi connectivity index (χ4v) is 8.14. The van der Waals surface area contributed by atoms with Gasteiger partial charge in [-0.1, -0.05) is 18.2 Å². The van der Waals surface area contributed by atoms with E-state index in [-0.39, 0.29) is 52.4 Å². The van der Waals surface area contributed by atoms with Gasteiger partial charge in [0.05, 0.1) is 21.8 Å². The maximum absolute atomic E-state index is 12.5. The van der Waals surface area contributed by atoms with Crippen molar-refractivity contribution in [2.24, 2.45) is 0 Å². The number of carboxylic acid groups (broad SMARTS) is 2. The average molecular weight is 995 g/mol. The van der Waals surface area contributed by atoms with E-state index in [1.165, 1.54) is 24.3 Å². The van der Waals surface area contributed by atoms with E-state index in [4.69, 9.17) is 9.15 Å². The first-order chi connectivity index (χ1) is 23.4. The first kappa shape index (κ1) is 34.9. The minimum atomic E-state index is -1.14. The fraction of sp³-hybridized carbons (Fsp3) is 0.0833. The summed E-state index contributed by atoms with van der Waals surface area (Å²) >= 11 is 6.28. The molecule has 49 heavy (non-hydrogen) atoms. The second-order valence-corrected chi connectivity index (χ2v) is 14.5. The minimum Gasteiger partial charge on any atom is -0.507 e. The predicted octanol–water partition coefficient (Wildman–Crippen LogP) is 8.07. The molecule has 4 aromatic carbocycles. The average Bonchev–Trinajstić information content (AvgIpc) is 3.05. The highest BCUT2D eigenvalue weighted by Gasteiger charge is 2.25. The number of hydrogen-bond donors (Lipinski definition) is 5. The Morgan fingerprint density at radius 1 is 0.816 bits per heavy atom. The van der Waals surface area contributed by atoms with Crippen molar-refractivity contribution >= 4 is 90.7 Å². The molecule has 1 aliphatic heterocycles. The Morgan fingerprint density at radius 2 is 1.53 bits per heavy atom. The van der Waals surface area contributed by atoms with Crippen LogP contribution in [0, 0.1) is 10.7 Å². The van der Waals surface area contributed by atoms with Crippen LogP contribution >= 0.6 is 67.8 Å². The molecule has 1 unspecified atom stereocenters. The van der Waals surface area contributed by atoms with Gasteiger partial charge in [-0.15, -0.1) is 0 Å². The summed E-state index contributed by atoms with van der Waals surface area (Å²) < 4.78 is 14.4. The molecule has 0 amide bonds. The molecule has 1 aliphatic carbocycles. The van der Waals surface area contributed by atoms with Crippen molar-refractivity contribution in [1.29, 1.82) is 0 Å². The normalized spacial score (nSPS) is 11.9. The van der Waals surface area contributed by atoms with Crippen molar-refractivity contribution in [1.82, 2.24) is 5.32 Å². The first-order valence-corrected chi connectivity index (χ1v) is 17.8. The van der Waals surface area contributed by atoms with Gasteiger partial charge in [-0.25, -0.2) is 4.79 Å². The number of hydrogen-bond acceptors (Lipinski definition) is 8. The number of aromatic carboxylic acids is 1. The molecule has 6 rings (SSSR count). The number of aliphatic carboxylic acids is 1. The summed E-state index contributed by atoms with van der Waals surface area (Å²) in [4.78, 5) is 37.0. The number of phenols is 2. The van der Waals surface area contributed by atoms with Crippen LogP contribution in [0.5, 0.6) is 23.0 Å². The second-order valence-electron chi connectivity index (χ2n) is 11.0. The SMILES string of the molecule is O=C(O)c1ccccc1-c1c2ccc(=O)cc-2oc2c(CNC(Cc3cc(I)c(Oc4ccc(O)c(I)c4)c(I)c3)C(=O)O)c(O)ccc12. The Labute approximate surface area is 319 Å². The Morgan fingerprint density at radius 3 is 2.22 bits per heavy atom. The zero-order valence-electron chi connectivity index (χ0n) is 25.0. The fourth-order valence-electron chi connectivity index (χ4n) is 5.53. The molecule has 0 bridgehead atoms.